The molecule has 1 unspecified atom stereocenters. The van der Waals surface area contributed by atoms with Crippen LogP contribution in [0.2, 0.25) is 5.02 Å². The summed E-state index contributed by atoms with van der Waals surface area (Å²) in [7, 11) is -2.49. The first-order chi connectivity index (χ1) is 16.7. The van der Waals surface area contributed by atoms with Crippen LogP contribution in [0.1, 0.15) is 20.4 Å². The van der Waals surface area contributed by atoms with Gasteiger partial charge in [0.1, 0.15) is 11.1 Å². The molecule has 1 fully saturated rings. The van der Waals surface area contributed by atoms with Gasteiger partial charge in [-0.25, -0.2) is 18.4 Å². The molecule has 0 aliphatic carbocycles. The van der Waals surface area contributed by atoms with Crippen molar-refractivity contribution in [3.63, 3.8) is 0 Å². The quantitative estimate of drug-likeness (QED) is 0.417. The fourth-order valence-electron chi connectivity index (χ4n) is 4.39. The van der Waals surface area contributed by atoms with Crippen molar-refractivity contribution in [2.75, 3.05) is 33.2 Å². The third-order valence-electron chi connectivity index (χ3n) is 6.27. The SMILES string of the molecule is CNC(=O)C1CN(S(=O)(=O)c2cc3cc(Cl)ccc3[nH]2)CCN1C(=O)c1nc2c(s1)CN(N)CC2. The molecule has 1 atom stereocenters. The van der Waals surface area contributed by atoms with Gasteiger partial charge in [-0.2, -0.15) is 4.31 Å². The molecule has 0 radical (unpaired) electrons. The van der Waals surface area contributed by atoms with Crippen LogP contribution < -0.4 is 11.2 Å². The molecular weight excluding hydrogens is 514 g/mol. The molecule has 4 N–H and O–H groups in total. The van der Waals surface area contributed by atoms with Crippen LogP contribution in [-0.4, -0.2) is 83.7 Å². The molecule has 5 rings (SSSR count). The number of fused-ring (bicyclic) bond motifs is 2. The number of amides is 2. The van der Waals surface area contributed by atoms with Gasteiger partial charge in [-0.15, -0.1) is 11.3 Å². The van der Waals surface area contributed by atoms with Crippen molar-refractivity contribution in [2.24, 2.45) is 5.84 Å². The van der Waals surface area contributed by atoms with Gasteiger partial charge in [0.25, 0.3) is 15.9 Å². The van der Waals surface area contributed by atoms with Gasteiger partial charge in [0.15, 0.2) is 5.01 Å². The summed E-state index contributed by atoms with van der Waals surface area (Å²) in [5.74, 6) is 5.05. The van der Waals surface area contributed by atoms with Crippen LogP contribution in [0.15, 0.2) is 29.3 Å². The number of aromatic nitrogens is 2. The zero-order chi connectivity index (χ0) is 24.9. The maximum Gasteiger partial charge on any atom is 0.283 e. The van der Waals surface area contributed by atoms with E-state index < -0.39 is 22.0 Å². The van der Waals surface area contributed by atoms with E-state index >= 15 is 0 Å². The summed E-state index contributed by atoms with van der Waals surface area (Å²) in [6.45, 7) is 1.09. The summed E-state index contributed by atoms with van der Waals surface area (Å²) in [4.78, 5) is 35.9. The number of likely N-dealkylation sites (N-methyl/N-ethyl adjacent to an activating group) is 1. The lowest BCUT2D eigenvalue weighted by molar-refractivity contribution is -0.126. The zero-order valence-electron chi connectivity index (χ0n) is 18.8. The minimum Gasteiger partial charge on any atom is -0.357 e. The summed E-state index contributed by atoms with van der Waals surface area (Å²) >= 11 is 7.29. The Balaban J connectivity index is 1.40. The molecule has 4 heterocycles. The number of sulfonamides is 1. The molecule has 2 aliphatic rings. The summed E-state index contributed by atoms with van der Waals surface area (Å²) < 4.78 is 28.0. The fourth-order valence-corrected chi connectivity index (χ4v) is 7.12. The molecule has 0 bridgehead atoms. The minimum atomic E-state index is -3.95. The second-order valence-corrected chi connectivity index (χ2v) is 11.9. The van der Waals surface area contributed by atoms with Gasteiger partial charge in [-0.1, -0.05) is 11.6 Å². The van der Waals surface area contributed by atoms with Gasteiger partial charge in [0, 0.05) is 67.0 Å². The molecule has 2 aromatic heterocycles. The lowest BCUT2D eigenvalue weighted by Crippen LogP contribution is -2.61. The third kappa shape index (κ3) is 4.43. The summed E-state index contributed by atoms with van der Waals surface area (Å²) in [6, 6.07) is 5.57. The van der Waals surface area contributed by atoms with Crippen molar-refractivity contribution in [3.8, 4) is 0 Å². The third-order valence-corrected chi connectivity index (χ3v) is 9.37. The maximum atomic E-state index is 13.4. The standard InChI is InChI=1S/C21H24ClN7O4S2/c1-24-19(30)16-10-28(35(32,33)18-9-12-8-13(22)2-3-14(12)25-18)6-7-29(16)21(31)20-26-15-4-5-27(23)11-17(15)34-20/h2-3,8-9,16,25H,4-7,10-11,23H2,1H3,(H,24,30). The molecule has 186 valence electrons. The van der Waals surface area contributed by atoms with E-state index in [1.807, 2.05) is 0 Å². The molecule has 2 aliphatic heterocycles. The molecule has 11 nitrogen and oxygen atoms in total. The normalized spacial score (nSPS) is 19.6. The van der Waals surface area contributed by atoms with Crippen molar-refractivity contribution in [1.29, 1.82) is 0 Å². The molecule has 0 spiro atoms. The number of carbonyl (C=O) groups excluding carboxylic acids is 2. The van der Waals surface area contributed by atoms with Crippen LogP contribution in [0.5, 0.6) is 0 Å². The van der Waals surface area contributed by atoms with Crippen molar-refractivity contribution < 1.29 is 18.0 Å². The van der Waals surface area contributed by atoms with Crippen LogP contribution in [0.25, 0.3) is 10.9 Å². The van der Waals surface area contributed by atoms with Crippen LogP contribution in [0.3, 0.4) is 0 Å². The number of carbonyl (C=O) groups is 2. The van der Waals surface area contributed by atoms with E-state index in [9.17, 15) is 18.0 Å². The molecule has 3 aromatic rings. The summed E-state index contributed by atoms with van der Waals surface area (Å²) in [5.41, 5.74) is 1.48. The number of hydrazine groups is 1. The first-order valence-electron chi connectivity index (χ1n) is 11.0. The molecule has 14 heteroatoms. The first kappa shape index (κ1) is 24.2. The van der Waals surface area contributed by atoms with Crippen LogP contribution >= 0.6 is 22.9 Å². The average molecular weight is 538 g/mol. The highest BCUT2D eigenvalue weighted by Crippen LogP contribution is 2.28. The van der Waals surface area contributed by atoms with E-state index in [0.717, 1.165) is 10.6 Å². The zero-order valence-corrected chi connectivity index (χ0v) is 21.2. The number of hydrogen-bond acceptors (Lipinski definition) is 8. The fraction of sp³-hybridized carbons (Fsp3) is 0.381. The van der Waals surface area contributed by atoms with Crippen molar-refractivity contribution in [1.82, 2.24) is 29.5 Å². The Morgan fingerprint density at radius 3 is 2.83 bits per heavy atom. The second kappa shape index (κ2) is 9.15. The van der Waals surface area contributed by atoms with Crippen molar-refractivity contribution in [3.05, 3.63) is 44.9 Å². The lowest BCUT2D eigenvalue weighted by Gasteiger charge is -2.39. The molecule has 0 saturated carbocycles. The van der Waals surface area contributed by atoms with Crippen LogP contribution in [-0.2, 0) is 27.8 Å². The predicted molar refractivity (Wildman–Crippen MR) is 131 cm³/mol. The average Bonchev–Trinajstić information content (AvgIpc) is 3.46. The number of benzene rings is 1. The van der Waals surface area contributed by atoms with E-state index in [1.54, 1.807) is 23.2 Å². The van der Waals surface area contributed by atoms with Gasteiger partial charge in [-0.3, -0.25) is 15.4 Å². The molecule has 2 amide bonds. The van der Waals surface area contributed by atoms with Crippen LogP contribution in [0.4, 0.5) is 0 Å². The Bertz CT molecular complexity index is 1420. The Labute approximate surface area is 210 Å². The smallest absolute Gasteiger partial charge is 0.283 e. The van der Waals surface area contributed by atoms with Crippen LogP contribution in [0, 0.1) is 0 Å². The Morgan fingerprint density at radius 2 is 2.06 bits per heavy atom. The number of halogens is 1. The predicted octanol–water partition coefficient (Wildman–Crippen LogP) is 0.771. The van der Waals surface area contributed by atoms with Gasteiger partial charge in [0.05, 0.1) is 5.69 Å². The first-order valence-corrected chi connectivity index (χ1v) is 13.6. The van der Waals surface area contributed by atoms with E-state index in [2.05, 4.69) is 15.3 Å². The lowest BCUT2D eigenvalue weighted by atomic mass is 10.1. The largest absolute Gasteiger partial charge is 0.357 e. The highest BCUT2D eigenvalue weighted by atomic mass is 35.5. The molecular formula is C21H24ClN7O4S2. The van der Waals surface area contributed by atoms with Crippen molar-refractivity contribution in [2.45, 2.75) is 24.0 Å². The molecule has 1 aromatic carbocycles. The summed E-state index contributed by atoms with van der Waals surface area (Å²) in [6.07, 6.45) is 0.649. The molecule has 1 saturated heterocycles. The van der Waals surface area contributed by atoms with Gasteiger partial charge in [-0.05, 0) is 24.3 Å². The molecule has 35 heavy (non-hydrogen) atoms. The topological polar surface area (TPSA) is 145 Å². The number of H-pyrrole nitrogens is 1. The number of nitrogens with zero attached hydrogens (tertiary/aromatic N) is 4. The number of thiazole rings is 1. The Kier molecular flexibility index (Phi) is 6.32. The number of piperazine rings is 1. The van der Waals surface area contributed by atoms with E-state index in [0.29, 0.717) is 35.4 Å². The number of nitrogens with one attached hydrogen (secondary N) is 2. The highest BCUT2D eigenvalue weighted by molar-refractivity contribution is 7.89. The van der Waals surface area contributed by atoms with E-state index in [4.69, 9.17) is 17.4 Å². The summed E-state index contributed by atoms with van der Waals surface area (Å²) in [5, 5.41) is 5.66. The number of hydrogen-bond donors (Lipinski definition) is 3. The maximum absolute atomic E-state index is 13.4. The minimum absolute atomic E-state index is 0.00383. The number of aromatic amines is 1. The second-order valence-electron chi connectivity index (χ2n) is 8.47. The van der Waals surface area contributed by atoms with E-state index in [1.165, 1.54) is 33.7 Å². The number of rotatable bonds is 4. The van der Waals surface area contributed by atoms with Gasteiger partial charge < -0.3 is 15.2 Å². The number of nitrogens with two attached hydrogens (primary N) is 1. The van der Waals surface area contributed by atoms with Gasteiger partial charge >= 0.3 is 0 Å². The van der Waals surface area contributed by atoms with Crippen molar-refractivity contribution >= 4 is 55.7 Å². The Hall–Kier alpha value is -2.55. The van der Waals surface area contributed by atoms with Gasteiger partial charge in [0.2, 0.25) is 5.91 Å². The highest BCUT2D eigenvalue weighted by Gasteiger charge is 2.41. The van der Waals surface area contributed by atoms with E-state index in [-0.39, 0.29) is 35.6 Å². The monoisotopic (exact) mass is 537 g/mol. The Morgan fingerprint density at radius 1 is 1.26 bits per heavy atom.